The Balaban J connectivity index is 1.27. The van der Waals surface area contributed by atoms with Crippen molar-refractivity contribution in [2.24, 2.45) is 0 Å². The molecule has 0 atom stereocenters. The molecule has 2 aromatic rings. The zero-order chi connectivity index (χ0) is 17.8. The van der Waals surface area contributed by atoms with E-state index >= 15 is 0 Å². The SMILES string of the molecule is O=C(CN1CCOc2ccccc2C1)N1CCN(Cc2ccco2)CC1. The van der Waals surface area contributed by atoms with Crippen molar-refractivity contribution in [3.8, 4) is 5.75 Å². The summed E-state index contributed by atoms with van der Waals surface area (Å²) in [5.41, 5.74) is 1.15. The van der Waals surface area contributed by atoms with Crippen molar-refractivity contribution in [2.45, 2.75) is 13.1 Å². The smallest absolute Gasteiger partial charge is 0.236 e. The minimum Gasteiger partial charge on any atom is -0.492 e. The molecule has 1 aromatic heterocycles. The Bertz CT molecular complexity index is 724. The van der Waals surface area contributed by atoms with Gasteiger partial charge in [0.25, 0.3) is 0 Å². The molecule has 0 radical (unpaired) electrons. The van der Waals surface area contributed by atoms with Crippen molar-refractivity contribution < 1.29 is 13.9 Å². The van der Waals surface area contributed by atoms with Gasteiger partial charge in [0, 0.05) is 44.8 Å². The van der Waals surface area contributed by atoms with E-state index in [0.29, 0.717) is 13.2 Å². The van der Waals surface area contributed by atoms with Gasteiger partial charge in [0.1, 0.15) is 18.1 Å². The van der Waals surface area contributed by atoms with E-state index in [-0.39, 0.29) is 5.91 Å². The summed E-state index contributed by atoms with van der Waals surface area (Å²) < 4.78 is 11.2. The summed E-state index contributed by atoms with van der Waals surface area (Å²) in [6.07, 6.45) is 1.71. The van der Waals surface area contributed by atoms with Gasteiger partial charge in [-0.3, -0.25) is 14.6 Å². The van der Waals surface area contributed by atoms with Crippen LogP contribution in [0.4, 0.5) is 0 Å². The molecule has 2 aliphatic heterocycles. The van der Waals surface area contributed by atoms with Gasteiger partial charge in [-0.1, -0.05) is 18.2 Å². The zero-order valence-electron chi connectivity index (χ0n) is 15.0. The second-order valence-corrected chi connectivity index (χ2v) is 6.90. The van der Waals surface area contributed by atoms with Crippen LogP contribution in [0, 0.1) is 0 Å². The summed E-state index contributed by atoms with van der Waals surface area (Å²) in [6.45, 7) is 6.77. The first kappa shape index (κ1) is 17.1. The van der Waals surface area contributed by atoms with Gasteiger partial charge < -0.3 is 14.1 Å². The van der Waals surface area contributed by atoms with Gasteiger partial charge in [-0.15, -0.1) is 0 Å². The largest absolute Gasteiger partial charge is 0.492 e. The lowest BCUT2D eigenvalue weighted by molar-refractivity contribution is -0.134. The van der Waals surface area contributed by atoms with E-state index < -0.39 is 0 Å². The van der Waals surface area contributed by atoms with Crippen LogP contribution in [-0.2, 0) is 17.9 Å². The molecule has 1 fully saturated rings. The molecule has 6 heteroatoms. The Morgan fingerprint density at radius 3 is 2.62 bits per heavy atom. The fourth-order valence-corrected chi connectivity index (χ4v) is 3.58. The van der Waals surface area contributed by atoms with Gasteiger partial charge in [-0.2, -0.15) is 0 Å². The van der Waals surface area contributed by atoms with Crippen LogP contribution >= 0.6 is 0 Å². The lowest BCUT2D eigenvalue weighted by Crippen LogP contribution is -2.51. The molecule has 1 aromatic carbocycles. The summed E-state index contributed by atoms with van der Waals surface area (Å²) >= 11 is 0. The molecule has 138 valence electrons. The Morgan fingerprint density at radius 1 is 0.962 bits per heavy atom. The Labute approximate surface area is 153 Å². The first-order valence-electron chi connectivity index (χ1n) is 9.23. The molecule has 0 spiro atoms. The van der Waals surface area contributed by atoms with Crippen molar-refractivity contribution >= 4 is 5.91 Å². The highest BCUT2D eigenvalue weighted by atomic mass is 16.5. The lowest BCUT2D eigenvalue weighted by atomic mass is 10.2. The third kappa shape index (κ3) is 4.08. The van der Waals surface area contributed by atoms with Gasteiger partial charge in [0.15, 0.2) is 0 Å². The average Bonchev–Trinajstić information content (AvgIpc) is 3.08. The van der Waals surface area contributed by atoms with E-state index in [4.69, 9.17) is 9.15 Å². The summed E-state index contributed by atoms with van der Waals surface area (Å²) in [5, 5.41) is 0. The highest BCUT2D eigenvalue weighted by molar-refractivity contribution is 5.78. The van der Waals surface area contributed by atoms with Crippen LogP contribution in [0.2, 0.25) is 0 Å². The van der Waals surface area contributed by atoms with Crippen molar-refractivity contribution in [2.75, 3.05) is 45.9 Å². The topological polar surface area (TPSA) is 49.2 Å². The van der Waals surface area contributed by atoms with Gasteiger partial charge in [-0.05, 0) is 18.2 Å². The van der Waals surface area contributed by atoms with E-state index in [1.54, 1.807) is 6.26 Å². The molecule has 1 amide bonds. The number of para-hydroxylation sites is 1. The molecular formula is C20H25N3O3. The Morgan fingerprint density at radius 2 is 1.81 bits per heavy atom. The maximum Gasteiger partial charge on any atom is 0.236 e. The number of furan rings is 1. The van der Waals surface area contributed by atoms with Crippen molar-refractivity contribution in [1.29, 1.82) is 0 Å². The number of carbonyl (C=O) groups excluding carboxylic acids is 1. The molecular weight excluding hydrogens is 330 g/mol. The molecule has 3 heterocycles. The zero-order valence-corrected chi connectivity index (χ0v) is 15.0. The van der Waals surface area contributed by atoms with Crippen LogP contribution in [0.1, 0.15) is 11.3 Å². The van der Waals surface area contributed by atoms with Crippen LogP contribution in [0.15, 0.2) is 47.1 Å². The van der Waals surface area contributed by atoms with Crippen molar-refractivity contribution in [3.63, 3.8) is 0 Å². The number of nitrogens with zero attached hydrogens (tertiary/aromatic N) is 3. The third-order valence-corrected chi connectivity index (χ3v) is 5.08. The fraction of sp³-hybridized carbons (Fsp3) is 0.450. The Kier molecular flexibility index (Phi) is 5.22. The molecule has 0 saturated carbocycles. The van der Waals surface area contributed by atoms with Crippen molar-refractivity contribution in [1.82, 2.24) is 14.7 Å². The second-order valence-electron chi connectivity index (χ2n) is 6.90. The highest BCUT2D eigenvalue weighted by Crippen LogP contribution is 2.22. The molecule has 1 saturated heterocycles. The molecule has 0 bridgehead atoms. The Hall–Kier alpha value is -2.31. The maximum absolute atomic E-state index is 12.7. The lowest BCUT2D eigenvalue weighted by Gasteiger charge is -2.35. The van der Waals surface area contributed by atoms with Gasteiger partial charge in [0.2, 0.25) is 5.91 Å². The van der Waals surface area contributed by atoms with Gasteiger partial charge >= 0.3 is 0 Å². The average molecular weight is 355 g/mol. The predicted molar refractivity (Wildman–Crippen MR) is 97.8 cm³/mol. The molecule has 4 rings (SSSR count). The number of fused-ring (bicyclic) bond motifs is 1. The molecule has 0 unspecified atom stereocenters. The van der Waals surface area contributed by atoms with Gasteiger partial charge in [0.05, 0.1) is 19.4 Å². The number of rotatable bonds is 4. The van der Waals surface area contributed by atoms with E-state index in [1.165, 1.54) is 0 Å². The molecule has 2 aliphatic rings. The van der Waals surface area contributed by atoms with E-state index in [0.717, 1.165) is 62.9 Å². The third-order valence-electron chi connectivity index (χ3n) is 5.08. The minimum atomic E-state index is 0.210. The van der Waals surface area contributed by atoms with Crippen LogP contribution < -0.4 is 4.74 Å². The van der Waals surface area contributed by atoms with Gasteiger partial charge in [-0.25, -0.2) is 0 Å². The van der Waals surface area contributed by atoms with E-state index in [1.807, 2.05) is 35.2 Å². The highest BCUT2D eigenvalue weighted by Gasteiger charge is 2.24. The number of ether oxygens (including phenoxy) is 1. The van der Waals surface area contributed by atoms with Crippen LogP contribution in [0.3, 0.4) is 0 Å². The number of amides is 1. The summed E-state index contributed by atoms with van der Waals surface area (Å²) in [6, 6.07) is 12.0. The quantitative estimate of drug-likeness (QED) is 0.837. The standard InChI is InChI=1S/C20H25N3O3/c24-20(16-22-11-13-26-19-6-2-1-4-17(19)14-22)23-9-7-21(8-10-23)15-18-5-3-12-25-18/h1-6,12H,7-11,13-16H2. The number of hydrogen-bond donors (Lipinski definition) is 0. The molecule has 6 nitrogen and oxygen atoms in total. The number of benzene rings is 1. The summed E-state index contributed by atoms with van der Waals surface area (Å²) in [7, 11) is 0. The number of piperazine rings is 1. The summed E-state index contributed by atoms with van der Waals surface area (Å²) in [4.78, 5) is 19.2. The van der Waals surface area contributed by atoms with E-state index in [9.17, 15) is 4.79 Å². The van der Waals surface area contributed by atoms with Crippen LogP contribution in [0.5, 0.6) is 5.75 Å². The fourth-order valence-electron chi connectivity index (χ4n) is 3.58. The molecule has 26 heavy (non-hydrogen) atoms. The number of hydrogen-bond acceptors (Lipinski definition) is 5. The van der Waals surface area contributed by atoms with Crippen molar-refractivity contribution in [3.05, 3.63) is 54.0 Å². The predicted octanol–water partition coefficient (Wildman–Crippen LogP) is 1.82. The first-order valence-corrected chi connectivity index (χ1v) is 9.23. The minimum absolute atomic E-state index is 0.210. The molecule has 0 aliphatic carbocycles. The first-order chi connectivity index (χ1) is 12.8. The summed E-state index contributed by atoms with van der Waals surface area (Å²) in [5.74, 6) is 2.13. The van der Waals surface area contributed by atoms with Crippen LogP contribution in [-0.4, -0.2) is 66.5 Å². The van der Waals surface area contributed by atoms with E-state index in [2.05, 4.69) is 15.9 Å². The second kappa shape index (κ2) is 7.93. The molecule has 0 N–H and O–H groups in total. The maximum atomic E-state index is 12.7. The number of carbonyl (C=O) groups is 1. The monoisotopic (exact) mass is 355 g/mol. The van der Waals surface area contributed by atoms with Crippen LogP contribution in [0.25, 0.3) is 0 Å². The normalized spacial score (nSPS) is 18.8.